The first-order valence-electron chi connectivity index (χ1n) is 7.95. The molecule has 0 amide bonds. The van der Waals surface area contributed by atoms with Crippen molar-refractivity contribution < 1.29 is 0 Å². The second-order valence-corrected chi connectivity index (χ2v) is 7.60. The maximum Gasteiger partial charge on any atom is 0.350 e. The van der Waals surface area contributed by atoms with Gasteiger partial charge in [0.15, 0.2) is 0 Å². The van der Waals surface area contributed by atoms with Gasteiger partial charge in [-0.1, -0.05) is 0 Å². The summed E-state index contributed by atoms with van der Waals surface area (Å²) in [5, 5.41) is 0. The van der Waals surface area contributed by atoms with Gasteiger partial charge in [0.1, 0.15) is 11.6 Å². The van der Waals surface area contributed by atoms with Crippen LogP contribution in [0.2, 0.25) is 0 Å². The molecule has 108 valence electrons. The van der Waals surface area contributed by atoms with Crippen LogP contribution in [0.4, 0.5) is 0 Å². The molecular formula is C16H23N3O. The normalized spacial score (nSPS) is 38.4. The fraction of sp³-hybridized carbons (Fsp3) is 0.812. The van der Waals surface area contributed by atoms with Crippen LogP contribution in [0.5, 0.6) is 0 Å². The number of hydrogen-bond donors (Lipinski definition) is 0. The Bertz CT molecular complexity index is 569. The summed E-state index contributed by atoms with van der Waals surface area (Å²) < 4.78 is 1.83. The van der Waals surface area contributed by atoms with Gasteiger partial charge in [-0.05, 0) is 75.5 Å². The Balaban J connectivity index is 1.68. The third-order valence-corrected chi connectivity index (χ3v) is 5.86. The molecule has 0 atom stereocenters. The predicted molar refractivity (Wildman–Crippen MR) is 76.4 cm³/mol. The Morgan fingerprint density at radius 1 is 1.05 bits per heavy atom. The van der Waals surface area contributed by atoms with Crippen LogP contribution in [0, 0.1) is 37.0 Å². The molecule has 0 aromatic carbocycles. The van der Waals surface area contributed by atoms with Crippen molar-refractivity contribution in [1.29, 1.82) is 0 Å². The molecule has 4 fully saturated rings. The molecule has 1 heterocycles. The fourth-order valence-corrected chi connectivity index (χ4v) is 5.66. The van der Waals surface area contributed by atoms with Crippen molar-refractivity contribution in [3.05, 3.63) is 22.1 Å². The monoisotopic (exact) mass is 273 g/mol. The van der Waals surface area contributed by atoms with Crippen LogP contribution >= 0.6 is 0 Å². The van der Waals surface area contributed by atoms with E-state index >= 15 is 0 Å². The highest BCUT2D eigenvalue weighted by Gasteiger charge is 2.51. The molecule has 0 unspecified atom stereocenters. The number of aryl methyl sites for hydroxylation is 2. The zero-order valence-electron chi connectivity index (χ0n) is 12.4. The molecule has 0 aliphatic heterocycles. The predicted octanol–water partition coefficient (Wildman–Crippen LogP) is 2.47. The molecule has 1 aromatic rings. The lowest BCUT2D eigenvalue weighted by Gasteiger charge is -2.57. The molecule has 0 N–H and O–H groups in total. The van der Waals surface area contributed by atoms with Crippen molar-refractivity contribution in [2.24, 2.45) is 23.2 Å². The second-order valence-electron chi connectivity index (χ2n) is 7.60. The summed E-state index contributed by atoms with van der Waals surface area (Å²) in [5.41, 5.74) is 0.257. The standard InChI is InChI=1S/C16H23N3O/c1-10-17-11(2)19(15(20)18-10)9-16-6-12-3-13(7-16)5-14(4-12)8-16/h12-14H,3-9H2,1-2H3. The Labute approximate surface area is 119 Å². The summed E-state index contributed by atoms with van der Waals surface area (Å²) in [7, 11) is 0. The van der Waals surface area contributed by atoms with E-state index < -0.39 is 0 Å². The highest BCUT2D eigenvalue weighted by Crippen LogP contribution is 2.60. The highest BCUT2D eigenvalue weighted by molar-refractivity contribution is 5.02. The first-order valence-corrected chi connectivity index (χ1v) is 7.95. The lowest BCUT2D eigenvalue weighted by molar-refractivity contribution is -0.0629. The lowest BCUT2D eigenvalue weighted by atomic mass is 9.49. The first-order chi connectivity index (χ1) is 9.53. The van der Waals surface area contributed by atoms with E-state index in [0.717, 1.165) is 30.1 Å². The van der Waals surface area contributed by atoms with Crippen LogP contribution in [0.25, 0.3) is 0 Å². The molecule has 4 saturated carbocycles. The summed E-state index contributed by atoms with van der Waals surface area (Å²) in [6.45, 7) is 4.58. The molecule has 5 rings (SSSR count). The minimum absolute atomic E-state index is 0.106. The summed E-state index contributed by atoms with van der Waals surface area (Å²) in [5.74, 6) is 4.18. The van der Waals surface area contributed by atoms with E-state index in [1.54, 1.807) is 6.92 Å². The minimum atomic E-state index is -0.106. The van der Waals surface area contributed by atoms with E-state index in [9.17, 15) is 4.79 Å². The van der Waals surface area contributed by atoms with Crippen LogP contribution in [0.1, 0.15) is 50.2 Å². The van der Waals surface area contributed by atoms with E-state index in [2.05, 4.69) is 9.97 Å². The van der Waals surface area contributed by atoms with Crippen LogP contribution in [0.15, 0.2) is 4.79 Å². The van der Waals surface area contributed by atoms with Gasteiger partial charge in [0.2, 0.25) is 0 Å². The van der Waals surface area contributed by atoms with Crippen molar-refractivity contribution in [3.8, 4) is 0 Å². The van der Waals surface area contributed by atoms with Gasteiger partial charge in [-0.15, -0.1) is 0 Å². The summed E-state index contributed by atoms with van der Waals surface area (Å²) in [4.78, 5) is 20.6. The summed E-state index contributed by atoms with van der Waals surface area (Å²) in [6, 6.07) is 0. The maximum absolute atomic E-state index is 12.2. The van der Waals surface area contributed by atoms with Crippen LogP contribution in [0.3, 0.4) is 0 Å². The van der Waals surface area contributed by atoms with Crippen molar-refractivity contribution in [3.63, 3.8) is 0 Å². The van der Waals surface area contributed by atoms with Crippen molar-refractivity contribution in [2.45, 2.75) is 58.9 Å². The summed E-state index contributed by atoms with van der Waals surface area (Å²) >= 11 is 0. The van der Waals surface area contributed by atoms with Crippen LogP contribution in [-0.4, -0.2) is 14.5 Å². The second kappa shape index (κ2) is 4.15. The zero-order chi connectivity index (χ0) is 13.9. The molecule has 4 bridgehead atoms. The van der Waals surface area contributed by atoms with Crippen molar-refractivity contribution >= 4 is 0 Å². The van der Waals surface area contributed by atoms with Gasteiger partial charge in [0.25, 0.3) is 0 Å². The summed E-state index contributed by atoms with van der Waals surface area (Å²) in [6.07, 6.45) is 8.28. The fourth-order valence-electron chi connectivity index (χ4n) is 5.66. The molecule has 4 nitrogen and oxygen atoms in total. The Hall–Kier alpha value is -1.19. The van der Waals surface area contributed by atoms with E-state index in [4.69, 9.17) is 0 Å². The van der Waals surface area contributed by atoms with Crippen LogP contribution in [-0.2, 0) is 6.54 Å². The molecule has 0 radical (unpaired) electrons. The molecule has 20 heavy (non-hydrogen) atoms. The van der Waals surface area contributed by atoms with Gasteiger partial charge in [0, 0.05) is 6.54 Å². The molecular weight excluding hydrogens is 250 g/mol. The van der Waals surface area contributed by atoms with E-state index in [-0.39, 0.29) is 5.69 Å². The molecule has 4 aliphatic rings. The molecule has 1 aromatic heterocycles. The third kappa shape index (κ3) is 1.92. The van der Waals surface area contributed by atoms with Gasteiger partial charge < -0.3 is 0 Å². The van der Waals surface area contributed by atoms with Gasteiger partial charge in [-0.25, -0.2) is 9.78 Å². The lowest BCUT2D eigenvalue weighted by Crippen LogP contribution is -2.49. The van der Waals surface area contributed by atoms with E-state index in [1.165, 1.54) is 38.5 Å². The molecule has 0 saturated heterocycles. The first kappa shape index (κ1) is 12.5. The minimum Gasteiger partial charge on any atom is -0.280 e. The average molecular weight is 273 g/mol. The third-order valence-electron chi connectivity index (χ3n) is 5.86. The smallest absolute Gasteiger partial charge is 0.280 e. The molecule has 0 spiro atoms. The topological polar surface area (TPSA) is 47.8 Å². The van der Waals surface area contributed by atoms with Gasteiger partial charge in [-0.3, -0.25) is 4.57 Å². The van der Waals surface area contributed by atoms with Gasteiger partial charge >= 0.3 is 5.69 Å². The largest absolute Gasteiger partial charge is 0.350 e. The quantitative estimate of drug-likeness (QED) is 0.831. The highest BCUT2D eigenvalue weighted by atomic mass is 16.1. The number of nitrogens with zero attached hydrogens (tertiary/aromatic N) is 3. The van der Waals surface area contributed by atoms with E-state index in [1.807, 2.05) is 11.5 Å². The van der Waals surface area contributed by atoms with Crippen LogP contribution < -0.4 is 5.69 Å². The Kier molecular flexibility index (Phi) is 2.60. The number of rotatable bonds is 2. The van der Waals surface area contributed by atoms with Crippen molar-refractivity contribution in [1.82, 2.24) is 14.5 Å². The van der Waals surface area contributed by atoms with Gasteiger partial charge in [0.05, 0.1) is 0 Å². The number of aromatic nitrogens is 3. The maximum atomic E-state index is 12.2. The van der Waals surface area contributed by atoms with Crippen molar-refractivity contribution in [2.75, 3.05) is 0 Å². The SMILES string of the molecule is Cc1nc(C)n(CC23CC4CC(CC(C4)C2)C3)c(=O)n1. The molecule has 4 aliphatic carbocycles. The van der Waals surface area contributed by atoms with E-state index in [0.29, 0.717) is 11.2 Å². The Morgan fingerprint density at radius 3 is 2.10 bits per heavy atom. The molecule has 4 heteroatoms. The number of hydrogen-bond acceptors (Lipinski definition) is 3. The Morgan fingerprint density at radius 2 is 1.60 bits per heavy atom. The average Bonchev–Trinajstić information content (AvgIpc) is 2.32. The van der Waals surface area contributed by atoms with Gasteiger partial charge in [-0.2, -0.15) is 4.98 Å². The zero-order valence-corrected chi connectivity index (χ0v) is 12.4.